The van der Waals surface area contributed by atoms with Crippen LogP contribution < -0.4 is 0 Å². The number of hydrogen-bond donors (Lipinski definition) is 0. The van der Waals surface area contributed by atoms with E-state index in [4.69, 9.17) is 5.48 Å². The van der Waals surface area contributed by atoms with Gasteiger partial charge in [-0.3, -0.25) is 0 Å². The lowest BCUT2D eigenvalue weighted by atomic mass is 9.77. The molecule has 0 heterocycles. The first-order valence-corrected chi connectivity index (χ1v) is 5.92. The molecule has 0 radical (unpaired) electrons. The molecule has 0 bridgehead atoms. The summed E-state index contributed by atoms with van der Waals surface area (Å²) >= 11 is 0. The largest absolute Gasteiger partial charge is 0.0654 e. The van der Waals surface area contributed by atoms with Gasteiger partial charge in [0.15, 0.2) is 0 Å². The van der Waals surface area contributed by atoms with Crippen LogP contribution in [-0.4, -0.2) is 0 Å². The van der Waals surface area contributed by atoms with Crippen molar-refractivity contribution in [2.45, 2.75) is 51.3 Å². The van der Waals surface area contributed by atoms with Crippen LogP contribution in [-0.2, 0) is 0 Å². The molecule has 0 heteroatoms. The maximum absolute atomic E-state index is 8.25. The summed E-state index contributed by atoms with van der Waals surface area (Å²) in [5.74, 6) is -0.496. The van der Waals surface area contributed by atoms with Crippen molar-refractivity contribution in [3.8, 4) is 0 Å². The van der Waals surface area contributed by atoms with Gasteiger partial charge in [-0.25, -0.2) is 0 Å². The first-order chi connectivity index (χ1) is 8.87. The fourth-order valence-electron chi connectivity index (χ4n) is 2.17. The van der Waals surface area contributed by atoms with Crippen molar-refractivity contribution >= 4 is 0 Å². The van der Waals surface area contributed by atoms with E-state index < -0.39 is 18.7 Å². The molecule has 82 valence electrons. The molecule has 0 aliphatic heterocycles. The van der Waals surface area contributed by atoms with Crippen LogP contribution in [0.3, 0.4) is 0 Å². The molecule has 1 aliphatic carbocycles. The van der Waals surface area contributed by atoms with Crippen LogP contribution in [0.15, 0.2) is 30.3 Å². The van der Waals surface area contributed by atoms with Gasteiger partial charge in [0, 0.05) is 5.48 Å². The van der Waals surface area contributed by atoms with Crippen molar-refractivity contribution in [3.63, 3.8) is 0 Å². The van der Waals surface area contributed by atoms with Gasteiger partial charge in [-0.2, -0.15) is 0 Å². The highest BCUT2D eigenvalue weighted by Crippen LogP contribution is 2.37. The maximum Gasteiger partial charge on any atom is 0.0270 e. The van der Waals surface area contributed by atoms with E-state index in [-0.39, 0.29) is 5.92 Å². The van der Waals surface area contributed by atoms with Crippen molar-refractivity contribution in [3.05, 3.63) is 35.9 Å². The summed E-state index contributed by atoms with van der Waals surface area (Å²) in [7, 11) is 0. The van der Waals surface area contributed by atoms with Gasteiger partial charge in [-0.1, -0.05) is 50.1 Å². The van der Waals surface area contributed by atoms with Gasteiger partial charge in [0.25, 0.3) is 0 Å². The molecule has 1 fully saturated rings. The molecule has 2 rings (SSSR count). The van der Waals surface area contributed by atoms with E-state index in [1.54, 1.807) is 0 Å². The van der Waals surface area contributed by atoms with E-state index in [1.165, 1.54) is 0 Å². The van der Waals surface area contributed by atoms with Crippen molar-refractivity contribution in [1.29, 1.82) is 0 Å². The topological polar surface area (TPSA) is 0 Å². The lowest BCUT2D eigenvalue weighted by molar-refractivity contribution is 0.308. The third kappa shape index (κ3) is 2.84. The Bertz CT molecular complexity index is 395. The van der Waals surface area contributed by atoms with Crippen LogP contribution in [0, 0.1) is 5.92 Å². The third-order valence-corrected chi connectivity index (χ3v) is 3.07. The summed E-state index contributed by atoms with van der Waals surface area (Å²) in [6.45, 7) is 2.00. The van der Waals surface area contributed by atoms with Crippen molar-refractivity contribution in [2.24, 2.45) is 5.92 Å². The average molecular weight is 206 g/mol. The highest BCUT2D eigenvalue weighted by molar-refractivity contribution is 5.19. The summed E-state index contributed by atoms with van der Waals surface area (Å²) < 4.78 is 33.0. The predicted molar refractivity (Wildman–Crippen MR) is 66.0 cm³/mol. The monoisotopic (exact) mass is 206 g/mol. The minimum Gasteiger partial charge on any atom is -0.0654 e. The maximum atomic E-state index is 8.25. The van der Waals surface area contributed by atoms with Crippen LogP contribution in [0.25, 0.3) is 0 Å². The summed E-state index contributed by atoms with van der Waals surface area (Å²) in [5.41, 5.74) is 1.06. The van der Waals surface area contributed by atoms with E-state index in [2.05, 4.69) is 0 Å². The molecule has 1 saturated carbocycles. The normalized spacial score (nSPS) is 37.1. The molecule has 1 aromatic rings. The lowest BCUT2D eigenvalue weighted by Crippen LogP contribution is -2.13. The van der Waals surface area contributed by atoms with Crippen molar-refractivity contribution < 1.29 is 5.48 Å². The highest BCUT2D eigenvalue weighted by Gasteiger charge is 2.21. The van der Waals surface area contributed by atoms with Gasteiger partial charge < -0.3 is 0 Å². The Morgan fingerprint density at radius 2 is 1.87 bits per heavy atom. The third-order valence-electron chi connectivity index (χ3n) is 3.07. The molecule has 0 saturated heterocycles. The van der Waals surface area contributed by atoms with E-state index >= 15 is 0 Å². The zero-order chi connectivity index (χ0) is 14.1. The molecular weight excluding hydrogens is 180 g/mol. The molecule has 0 spiro atoms. The van der Waals surface area contributed by atoms with Crippen LogP contribution in [0.5, 0.6) is 0 Å². The van der Waals surface area contributed by atoms with Gasteiger partial charge in [0.1, 0.15) is 0 Å². The Labute approximate surface area is 99.3 Å². The Morgan fingerprint density at radius 1 is 1.20 bits per heavy atom. The SMILES string of the molecule is [2H]C1([2H])CC(c2ccccc2)CC([2H])([2H])C1CCC. The Morgan fingerprint density at radius 3 is 2.47 bits per heavy atom. The van der Waals surface area contributed by atoms with Crippen LogP contribution in [0.2, 0.25) is 0 Å². The minimum atomic E-state index is -1.42. The van der Waals surface area contributed by atoms with Crippen LogP contribution in [0.4, 0.5) is 0 Å². The standard InChI is InChI=1S/C15H22/c1-2-6-13-9-11-15(12-10-13)14-7-4-3-5-8-14/h3-5,7-8,13,15H,2,6,9-12H2,1H3/i9D2,10D2. The van der Waals surface area contributed by atoms with E-state index in [1.807, 2.05) is 37.3 Å². The number of rotatable bonds is 3. The molecule has 0 atom stereocenters. The van der Waals surface area contributed by atoms with E-state index in [0.29, 0.717) is 19.3 Å². The first kappa shape index (κ1) is 6.73. The van der Waals surface area contributed by atoms with E-state index in [0.717, 1.165) is 12.0 Å². The van der Waals surface area contributed by atoms with Crippen molar-refractivity contribution in [1.82, 2.24) is 0 Å². The summed E-state index contributed by atoms with van der Waals surface area (Å²) in [6.07, 6.45) is -0.514. The second kappa shape index (κ2) is 5.34. The molecule has 15 heavy (non-hydrogen) atoms. The number of benzene rings is 1. The second-order valence-corrected chi connectivity index (χ2v) is 4.27. The van der Waals surface area contributed by atoms with Gasteiger partial charge in [-0.15, -0.1) is 0 Å². The molecule has 0 N–H and O–H groups in total. The summed E-state index contributed by atoms with van der Waals surface area (Å²) in [6, 6.07) is 9.79. The molecule has 0 nitrogen and oxygen atoms in total. The molecular formula is C15H22. The highest BCUT2D eigenvalue weighted by atomic mass is 14.3. The molecule has 1 aliphatic rings. The van der Waals surface area contributed by atoms with Gasteiger partial charge in [0.2, 0.25) is 0 Å². The fourth-order valence-corrected chi connectivity index (χ4v) is 2.17. The van der Waals surface area contributed by atoms with Crippen LogP contribution >= 0.6 is 0 Å². The average Bonchev–Trinajstić information content (AvgIpc) is 2.34. The van der Waals surface area contributed by atoms with Gasteiger partial charge in [-0.05, 0) is 43.0 Å². The minimum absolute atomic E-state index is 0.0145. The Kier molecular flexibility index (Phi) is 2.40. The lowest BCUT2D eigenvalue weighted by Gasteiger charge is -2.28. The zero-order valence-corrected chi connectivity index (χ0v) is 9.37. The number of hydrogen-bond acceptors (Lipinski definition) is 0. The molecule has 1 aromatic carbocycles. The zero-order valence-electron chi connectivity index (χ0n) is 13.4. The summed E-state index contributed by atoms with van der Waals surface area (Å²) in [4.78, 5) is 0. The smallest absolute Gasteiger partial charge is 0.0270 e. The van der Waals surface area contributed by atoms with Crippen molar-refractivity contribution in [2.75, 3.05) is 0 Å². The van der Waals surface area contributed by atoms with Gasteiger partial charge in [0.05, 0.1) is 0 Å². The molecule has 0 unspecified atom stereocenters. The second-order valence-electron chi connectivity index (χ2n) is 4.27. The summed E-state index contributed by atoms with van der Waals surface area (Å²) in [5, 5.41) is 0. The molecule has 0 aromatic heterocycles. The fraction of sp³-hybridized carbons (Fsp3) is 0.600. The Balaban J connectivity index is 2.26. The van der Waals surface area contributed by atoms with Crippen LogP contribution in [0.1, 0.15) is 62.3 Å². The van der Waals surface area contributed by atoms with Gasteiger partial charge >= 0.3 is 0 Å². The first-order valence-electron chi connectivity index (χ1n) is 7.92. The Hall–Kier alpha value is -0.780. The predicted octanol–water partition coefficient (Wildman–Crippen LogP) is 4.76. The quantitative estimate of drug-likeness (QED) is 0.669. The van der Waals surface area contributed by atoms with E-state index in [9.17, 15) is 0 Å². The molecule has 0 amide bonds.